The van der Waals surface area contributed by atoms with Crippen LogP contribution in [0.15, 0.2) is 0 Å². The Morgan fingerprint density at radius 2 is 2.08 bits per heavy atom. The summed E-state index contributed by atoms with van der Waals surface area (Å²) in [6.45, 7) is 0.719. The molecule has 66 valence electrons. The van der Waals surface area contributed by atoms with E-state index in [9.17, 15) is 4.79 Å². The van der Waals surface area contributed by atoms with Gasteiger partial charge in [0, 0.05) is 0 Å². The van der Waals surface area contributed by atoms with Gasteiger partial charge in [-0.1, -0.05) is 6.42 Å². The van der Waals surface area contributed by atoms with Crippen LogP contribution in [0.4, 0.5) is 0 Å². The standard InChI is InChI=1S/C10H14O2/c11-10-9-4-6(5-12-10)7-2-1-3-8(7)9/h6-9H,1-5H2. The van der Waals surface area contributed by atoms with Gasteiger partial charge in [-0.05, 0) is 37.0 Å². The second-order valence-electron chi connectivity index (χ2n) is 4.49. The number of cyclic esters (lactones) is 1. The van der Waals surface area contributed by atoms with Crippen molar-refractivity contribution < 1.29 is 9.53 Å². The molecule has 0 aromatic rings. The van der Waals surface area contributed by atoms with E-state index in [0.29, 0.717) is 5.92 Å². The molecule has 4 atom stereocenters. The summed E-state index contributed by atoms with van der Waals surface area (Å²) >= 11 is 0. The average Bonchev–Trinajstić information content (AvgIpc) is 2.59. The van der Waals surface area contributed by atoms with Crippen molar-refractivity contribution in [2.24, 2.45) is 23.7 Å². The van der Waals surface area contributed by atoms with E-state index in [4.69, 9.17) is 4.74 Å². The van der Waals surface area contributed by atoms with Gasteiger partial charge in [-0.25, -0.2) is 0 Å². The highest BCUT2D eigenvalue weighted by Gasteiger charge is 2.51. The summed E-state index contributed by atoms with van der Waals surface area (Å²) in [5.41, 5.74) is 0. The van der Waals surface area contributed by atoms with Gasteiger partial charge in [0.05, 0.1) is 12.5 Å². The van der Waals surface area contributed by atoms with Crippen molar-refractivity contribution >= 4 is 5.97 Å². The molecule has 0 aromatic carbocycles. The Morgan fingerprint density at radius 3 is 3.00 bits per heavy atom. The van der Waals surface area contributed by atoms with Gasteiger partial charge in [-0.3, -0.25) is 4.79 Å². The van der Waals surface area contributed by atoms with E-state index in [1.165, 1.54) is 19.3 Å². The second-order valence-corrected chi connectivity index (χ2v) is 4.49. The lowest BCUT2D eigenvalue weighted by Crippen LogP contribution is -2.26. The minimum atomic E-state index is 0.0978. The van der Waals surface area contributed by atoms with Gasteiger partial charge in [0.1, 0.15) is 0 Å². The lowest BCUT2D eigenvalue weighted by atomic mass is 9.91. The molecule has 12 heavy (non-hydrogen) atoms. The summed E-state index contributed by atoms with van der Waals surface area (Å²) in [6, 6.07) is 0. The van der Waals surface area contributed by atoms with Crippen molar-refractivity contribution in [2.75, 3.05) is 6.61 Å². The number of hydrogen-bond donors (Lipinski definition) is 0. The Hall–Kier alpha value is -0.530. The first kappa shape index (κ1) is 6.93. The zero-order valence-corrected chi connectivity index (χ0v) is 7.16. The van der Waals surface area contributed by atoms with Crippen molar-refractivity contribution in [1.82, 2.24) is 0 Å². The molecule has 2 bridgehead atoms. The maximum absolute atomic E-state index is 11.4. The minimum Gasteiger partial charge on any atom is -0.465 e. The summed E-state index contributed by atoms with van der Waals surface area (Å²) in [5.74, 6) is 2.64. The monoisotopic (exact) mass is 166 g/mol. The highest BCUT2D eigenvalue weighted by molar-refractivity contribution is 5.74. The first-order valence-electron chi connectivity index (χ1n) is 5.03. The number of fused-ring (bicyclic) bond motifs is 5. The average molecular weight is 166 g/mol. The predicted molar refractivity (Wildman–Crippen MR) is 43.4 cm³/mol. The molecule has 2 heteroatoms. The first-order valence-corrected chi connectivity index (χ1v) is 5.03. The Labute approximate surface area is 72.3 Å². The summed E-state index contributed by atoms with van der Waals surface area (Å²) < 4.78 is 5.16. The molecule has 3 aliphatic rings. The first-order chi connectivity index (χ1) is 5.86. The van der Waals surface area contributed by atoms with E-state index < -0.39 is 0 Å². The molecular formula is C10H14O2. The van der Waals surface area contributed by atoms with Crippen molar-refractivity contribution in [3.8, 4) is 0 Å². The zero-order chi connectivity index (χ0) is 8.13. The third kappa shape index (κ3) is 0.732. The fraction of sp³-hybridized carbons (Fsp3) is 0.900. The third-order valence-electron chi connectivity index (χ3n) is 4.05. The molecule has 0 spiro atoms. The SMILES string of the molecule is O=C1OCC2CC1C1CCCC21. The van der Waals surface area contributed by atoms with E-state index in [-0.39, 0.29) is 11.9 Å². The number of carbonyl (C=O) groups excluding carboxylic acids is 1. The molecule has 2 saturated carbocycles. The fourth-order valence-corrected chi connectivity index (χ4v) is 3.54. The van der Waals surface area contributed by atoms with Gasteiger partial charge in [0.2, 0.25) is 0 Å². The minimum absolute atomic E-state index is 0.0978. The lowest BCUT2D eigenvalue weighted by molar-refractivity contribution is -0.153. The Kier molecular flexibility index (Phi) is 1.29. The van der Waals surface area contributed by atoms with E-state index in [1.54, 1.807) is 0 Å². The van der Waals surface area contributed by atoms with Gasteiger partial charge >= 0.3 is 5.97 Å². The van der Waals surface area contributed by atoms with Crippen LogP contribution in [0.5, 0.6) is 0 Å². The van der Waals surface area contributed by atoms with Crippen molar-refractivity contribution in [1.29, 1.82) is 0 Å². The van der Waals surface area contributed by atoms with Crippen LogP contribution in [-0.4, -0.2) is 12.6 Å². The van der Waals surface area contributed by atoms with Gasteiger partial charge in [-0.15, -0.1) is 0 Å². The summed E-state index contributed by atoms with van der Waals surface area (Å²) in [5, 5.41) is 0. The molecule has 2 nitrogen and oxygen atoms in total. The predicted octanol–water partition coefficient (Wildman–Crippen LogP) is 1.60. The van der Waals surface area contributed by atoms with Crippen LogP contribution in [0.3, 0.4) is 0 Å². The molecule has 3 rings (SSSR count). The number of carbonyl (C=O) groups is 1. The Bertz CT molecular complexity index is 224. The molecule has 3 fully saturated rings. The van der Waals surface area contributed by atoms with Crippen LogP contribution in [-0.2, 0) is 9.53 Å². The van der Waals surface area contributed by atoms with Crippen molar-refractivity contribution in [2.45, 2.75) is 25.7 Å². The quantitative estimate of drug-likeness (QED) is 0.511. The van der Waals surface area contributed by atoms with Crippen LogP contribution in [0, 0.1) is 23.7 Å². The normalized spacial score (nSPS) is 50.5. The maximum atomic E-state index is 11.4. The Balaban J connectivity index is 1.93. The summed E-state index contributed by atoms with van der Waals surface area (Å²) in [6.07, 6.45) is 5.10. The number of rotatable bonds is 0. The van der Waals surface area contributed by atoms with Crippen LogP contribution in [0.1, 0.15) is 25.7 Å². The Morgan fingerprint density at radius 1 is 1.25 bits per heavy atom. The van der Waals surface area contributed by atoms with Crippen molar-refractivity contribution in [3.63, 3.8) is 0 Å². The molecule has 0 radical (unpaired) electrons. The van der Waals surface area contributed by atoms with Crippen LogP contribution in [0.25, 0.3) is 0 Å². The van der Waals surface area contributed by atoms with Gasteiger partial charge < -0.3 is 4.74 Å². The van der Waals surface area contributed by atoms with E-state index >= 15 is 0 Å². The van der Waals surface area contributed by atoms with Crippen molar-refractivity contribution in [3.05, 3.63) is 0 Å². The molecule has 2 aliphatic carbocycles. The molecule has 0 N–H and O–H groups in total. The van der Waals surface area contributed by atoms with E-state index in [0.717, 1.165) is 24.9 Å². The third-order valence-corrected chi connectivity index (χ3v) is 4.05. The zero-order valence-electron chi connectivity index (χ0n) is 7.16. The summed E-state index contributed by atoms with van der Waals surface area (Å²) in [4.78, 5) is 11.4. The molecule has 4 unspecified atom stereocenters. The molecule has 1 saturated heterocycles. The maximum Gasteiger partial charge on any atom is 0.309 e. The fourth-order valence-electron chi connectivity index (χ4n) is 3.54. The molecule has 0 amide bonds. The lowest BCUT2D eigenvalue weighted by Gasteiger charge is -2.20. The number of esters is 1. The summed E-state index contributed by atoms with van der Waals surface area (Å²) in [7, 11) is 0. The highest BCUT2D eigenvalue weighted by atomic mass is 16.5. The topological polar surface area (TPSA) is 26.3 Å². The smallest absolute Gasteiger partial charge is 0.309 e. The largest absolute Gasteiger partial charge is 0.465 e. The van der Waals surface area contributed by atoms with Gasteiger partial charge in [0.25, 0.3) is 0 Å². The van der Waals surface area contributed by atoms with Gasteiger partial charge in [0.15, 0.2) is 0 Å². The van der Waals surface area contributed by atoms with E-state index in [2.05, 4.69) is 0 Å². The van der Waals surface area contributed by atoms with Crippen LogP contribution >= 0.6 is 0 Å². The molecule has 0 aromatic heterocycles. The van der Waals surface area contributed by atoms with Crippen LogP contribution in [0.2, 0.25) is 0 Å². The molecule has 1 aliphatic heterocycles. The molecular weight excluding hydrogens is 152 g/mol. The van der Waals surface area contributed by atoms with Crippen LogP contribution < -0.4 is 0 Å². The molecule has 1 heterocycles. The van der Waals surface area contributed by atoms with Gasteiger partial charge in [-0.2, -0.15) is 0 Å². The van der Waals surface area contributed by atoms with E-state index in [1.807, 2.05) is 0 Å². The second kappa shape index (κ2) is 2.24. The highest BCUT2D eigenvalue weighted by Crippen LogP contribution is 2.53. The number of hydrogen-bond acceptors (Lipinski definition) is 2. The number of ether oxygens (including phenoxy) is 1.